The average Bonchev–Trinajstić information content (AvgIpc) is 2.31. The number of carbonyl (C=O) groups excluding carboxylic acids is 2. The molecule has 5 nitrogen and oxygen atoms in total. The van der Waals surface area contributed by atoms with Gasteiger partial charge in [0.1, 0.15) is 0 Å². The molecular formula is C13H19N3O2. The van der Waals surface area contributed by atoms with Gasteiger partial charge in [0.25, 0.3) is 0 Å². The first kappa shape index (κ1) is 14.0. The van der Waals surface area contributed by atoms with Crippen LogP contribution in [0.1, 0.15) is 26.7 Å². The summed E-state index contributed by atoms with van der Waals surface area (Å²) in [6.07, 6.45) is 2.01. The molecule has 0 radical (unpaired) electrons. The van der Waals surface area contributed by atoms with Crippen molar-refractivity contribution < 1.29 is 9.59 Å². The molecule has 0 aliphatic heterocycles. The van der Waals surface area contributed by atoms with Crippen LogP contribution in [-0.2, 0) is 4.79 Å². The molecule has 18 heavy (non-hydrogen) atoms. The van der Waals surface area contributed by atoms with E-state index in [1.54, 1.807) is 24.3 Å². The Morgan fingerprint density at radius 2 is 1.61 bits per heavy atom. The Hall–Kier alpha value is -2.04. The van der Waals surface area contributed by atoms with Gasteiger partial charge in [-0.05, 0) is 30.7 Å². The lowest BCUT2D eigenvalue weighted by Gasteiger charge is -2.08. The minimum absolute atomic E-state index is 0.118. The second-order valence-electron chi connectivity index (χ2n) is 3.99. The van der Waals surface area contributed by atoms with Crippen molar-refractivity contribution in [3.63, 3.8) is 0 Å². The summed E-state index contributed by atoms with van der Waals surface area (Å²) in [4.78, 5) is 22.3. The molecule has 1 aromatic carbocycles. The molecule has 0 aliphatic rings. The molecule has 0 aliphatic carbocycles. The molecule has 3 N–H and O–H groups in total. The minimum Gasteiger partial charge on any atom is -0.338 e. The van der Waals surface area contributed by atoms with Gasteiger partial charge in [-0.15, -0.1) is 0 Å². The summed E-state index contributed by atoms with van der Waals surface area (Å²) in [6, 6.07) is 6.75. The second kappa shape index (κ2) is 7.32. The van der Waals surface area contributed by atoms with Gasteiger partial charge >= 0.3 is 6.03 Å². The van der Waals surface area contributed by atoms with Crippen LogP contribution in [0.5, 0.6) is 0 Å². The summed E-state index contributed by atoms with van der Waals surface area (Å²) in [5.74, 6) is -0.118. The highest BCUT2D eigenvalue weighted by molar-refractivity contribution is 5.91. The first-order valence-corrected chi connectivity index (χ1v) is 6.04. The molecule has 3 amide bonds. The summed E-state index contributed by atoms with van der Waals surface area (Å²) in [5, 5.41) is 8.14. The predicted octanol–water partition coefficient (Wildman–Crippen LogP) is 2.57. The highest BCUT2D eigenvalue weighted by atomic mass is 16.2. The fourth-order valence-corrected chi connectivity index (χ4v) is 1.39. The van der Waals surface area contributed by atoms with Gasteiger partial charge in [-0.2, -0.15) is 0 Å². The third-order valence-electron chi connectivity index (χ3n) is 2.28. The Labute approximate surface area is 107 Å². The maximum atomic E-state index is 11.5. The maximum absolute atomic E-state index is 11.5. The molecule has 0 heterocycles. The van der Waals surface area contributed by atoms with E-state index in [9.17, 15) is 9.59 Å². The van der Waals surface area contributed by atoms with Crippen LogP contribution >= 0.6 is 0 Å². The molecule has 1 rings (SSSR count). The van der Waals surface area contributed by atoms with Crippen LogP contribution in [0.4, 0.5) is 16.2 Å². The van der Waals surface area contributed by atoms with E-state index in [2.05, 4.69) is 22.9 Å². The largest absolute Gasteiger partial charge is 0.338 e. The van der Waals surface area contributed by atoms with Crippen LogP contribution in [0.2, 0.25) is 0 Å². The first-order chi connectivity index (χ1) is 8.61. The first-order valence-electron chi connectivity index (χ1n) is 6.04. The van der Waals surface area contributed by atoms with Crippen molar-refractivity contribution in [1.82, 2.24) is 5.32 Å². The molecule has 1 aromatic rings. The number of hydrogen-bond donors (Lipinski definition) is 3. The van der Waals surface area contributed by atoms with E-state index in [1.165, 1.54) is 6.92 Å². The van der Waals surface area contributed by atoms with Gasteiger partial charge in [-0.3, -0.25) is 4.79 Å². The van der Waals surface area contributed by atoms with Crippen molar-refractivity contribution in [3.05, 3.63) is 24.3 Å². The Morgan fingerprint density at radius 1 is 1.06 bits per heavy atom. The number of nitrogens with one attached hydrogen (secondary N) is 3. The lowest BCUT2D eigenvalue weighted by Crippen LogP contribution is -2.29. The summed E-state index contributed by atoms with van der Waals surface area (Å²) >= 11 is 0. The molecule has 0 spiro atoms. The van der Waals surface area contributed by atoms with E-state index in [4.69, 9.17) is 0 Å². The van der Waals surface area contributed by atoms with Crippen LogP contribution in [0, 0.1) is 0 Å². The van der Waals surface area contributed by atoms with E-state index in [1.807, 2.05) is 0 Å². The number of amides is 3. The Kier molecular flexibility index (Phi) is 5.70. The molecule has 0 aromatic heterocycles. The van der Waals surface area contributed by atoms with Crippen LogP contribution in [-0.4, -0.2) is 18.5 Å². The van der Waals surface area contributed by atoms with Gasteiger partial charge in [0.05, 0.1) is 0 Å². The zero-order valence-corrected chi connectivity index (χ0v) is 10.7. The highest BCUT2D eigenvalue weighted by Gasteiger charge is 2.01. The van der Waals surface area contributed by atoms with E-state index < -0.39 is 0 Å². The second-order valence-corrected chi connectivity index (χ2v) is 3.99. The Bertz CT molecular complexity index is 401. The quantitative estimate of drug-likeness (QED) is 0.702. The predicted molar refractivity (Wildman–Crippen MR) is 72.7 cm³/mol. The van der Waals surface area contributed by atoms with Crippen LogP contribution in [0.3, 0.4) is 0 Å². The topological polar surface area (TPSA) is 70.2 Å². The third-order valence-corrected chi connectivity index (χ3v) is 2.28. The molecule has 5 heteroatoms. The SMILES string of the molecule is CCCCNC(=O)Nc1ccc(NC(C)=O)cc1. The summed E-state index contributed by atoms with van der Waals surface area (Å²) < 4.78 is 0. The van der Waals surface area contributed by atoms with E-state index in [0.717, 1.165) is 12.8 Å². The molecule has 0 bridgehead atoms. The molecule has 0 unspecified atom stereocenters. The van der Waals surface area contributed by atoms with Crippen LogP contribution in [0.25, 0.3) is 0 Å². The van der Waals surface area contributed by atoms with Gasteiger partial charge in [-0.1, -0.05) is 13.3 Å². The molecule has 0 atom stereocenters. The van der Waals surface area contributed by atoms with E-state index in [-0.39, 0.29) is 11.9 Å². The van der Waals surface area contributed by atoms with Crippen LogP contribution < -0.4 is 16.0 Å². The standard InChI is InChI=1S/C13H19N3O2/c1-3-4-9-14-13(18)16-12-7-5-11(6-8-12)15-10(2)17/h5-8H,3-4,9H2,1-2H3,(H,15,17)(H2,14,16,18). The fraction of sp³-hybridized carbons (Fsp3) is 0.385. The zero-order chi connectivity index (χ0) is 13.4. The van der Waals surface area contributed by atoms with Gasteiger partial charge in [0.15, 0.2) is 0 Å². The number of anilines is 2. The lowest BCUT2D eigenvalue weighted by molar-refractivity contribution is -0.114. The Morgan fingerprint density at radius 3 is 2.11 bits per heavy atom. The van der Waals surface area contributed by atoms with Gasteiger partial charge in [0.2, 0.25) is 5.91 Å². The van der Waals surface area contributed by atoms with E-state index >= 15 is 0 Å². The lowest BCUT2D eigenvalue weighted by atomic mass is 10.3. The highest BCUT2D eigenvalue weighted by Crippen LogP contribution is 2.13. The number of unbranched alkanes of at least 4 members (excludes halogenated alkanes) is 1. The average molecular weight is 249 g/mol. The smallest absolute Gasteiger partial charge is 0.319 e. The number of rotatable bonds is 5. The normalized spacial score (nSPS) is 9.67. The van der Waals surface area contributed by atoms with Crippen LogP contribution in [0.15, 0.2) is 24.3 Å². The number of benzene rings is 1. The summed E-state index contributed by atoms with van der Waals surface area (Å²) in [6.45, 7) is 4.19. The van der Waals surface area contributed by atoms with Gasteiger partial charge < -0.3 is 16.0 Å². The van der Waals surface area contributed by atoms with Crippen molar-refractivity contribution in [1.29, 1.82) is 0 Å². The fourth-order valence-electron chi connectivity index (χ4n) is 1.39. The molecule has 0 fully saturated rings. The molecular weight excluding hydrogens is 230 g/mol. The van der Waals surface area contributed by atoms with Crippen molar-refractivity contribution in [2.24, 2.45) is 0 Å². The maximum Gasteiger partial charge on any atom is 0.319 e. The van der Waals surface area contributed by atoms with Gasteiger partial charge in [0, 0.05) is 24.8 Å². The summed E-state index contributed by atoms with van der Waals surface area (Å²) in [7, 11) is 0. The van der Waals surface area contributed by atoms with Crippen molar-refractivity contribution in [2.45, 2.75) is 26.7 Å². The third kappa shape index (κ3) is 5.34. The number of hydrogen-bond acceptors (Lipinski definition) is 2. The van der Waals surface area contributed by atoms with Crippen molar-refractivity contribution in [3.8, 4) is 0 Å². The molecule has 0 saturated heterocycles. The minimum atomic E-state index is -0.212. The number of carbonyl (C=O) groups is 2. The van der Waals surface area contributed by atoms with Crippen molar-refractivity contribution in [2.75, 3.05) is 17.2 Å². The molecule has 98 valence electrons. The van der Waals surface area contributed by atoms with Crippen molar-refractivity contribution >= 4 is 23.3 Å². The molecule has 0 saturated carbocycles. The number of urea groups is 1. The monoisotopic (exact) mass is 249 g/mol. The van der Waals surface area contributed by atoms with Gasteiger partial charge in [-0.25, -0.2) is 4.79 Å². The Balaban J connectivity index is 2.43. The zero-order valence-electron chi connectivity index (χ0n) is 10.7. The summed E-state index contributed by atoms with van der Waals surface area (Å²) in [5.41, 5.74) is 1.40. The van der Waals surface area contributed by atoms with E-state index in [0.29, 0.717) is 17.9 Å².